The molecule has 1 aromatic rings. The van der Waals surface area contributed by atoms with E-state index < -0.39 is 0 Å². The number of nitrogens with zero attached hydrogens (tertiary/aromatic N) is 2. The van der Waals surface area contributed by atoms with E-state index >= 15 is 0 Å². The van der Waals surface area contributed by atoms with Gasteiger partial charge in [0, 0.05) is 29.5 Å². The lowest BCUT2D eigenvalue weighted by Gasteiger charge is -2.06. The third-order valence-electron chi connectivity index (χ3n) is 2.00. The Kier molecular flexibility index (Phi) is 4.61. The number of hydrogen-bond acceptors (Lipinski definition) is 2. The van der Waals surface area contributed by atoms with Crippen LogP contribution in [0.4, 0.5) is 0 Å². The van der Waals surface area contributed by atoms with E-state index in [0.29, 0.717) is 11.1 Å². The van der Waals surface area contributed by atoms with Crippen molar-refractivity contribution in [1.29, 1.82) is 0 Å². The van der Waals surface area contributed by atoms with E-state index in [4.69, 9.17) is 23.2 Å². The summed E-state index contributed by atoms with van der Waals surface area (Å²) < 4.78 is 1.71. The van der Waals surface area contributed by atoms with E-state index in [1.807, 2.05) is 14.0 Å². The smallest absolute Gasteiger partial charge is 0.131 e. The Morgan fingerprint density at radius 2 is 2.21 bits per heavy atom. The molecular weight excluding hydrogens is 239 g/mol. The van der Waals surface area contributed by atoms with Gasteiger partial charge in [0.1, 0.15) is 5.15 Å². The van der Waals surface area contributed by atoms with Crippen LogP contribution in [0.15, 0.2) is 0 Å². The Bertz CT molecular complexity index is 312. The summed E-state index contributed by atoms with van der Waals surface area (Å²) in [6.07, 6.45) is 0. The fourth-order valence-corrected chi connectivity index (χ4v) is 2.58. The first-order valence-corrected chi connectivity index (χ1v) is 6.38. The van der Waals surface area contributed by atoms with Gasteiger partial charge in [0.25, 0.3) is 0 Å². The van der Waals surface area contributed by atoms with Crippen LogP contribution < -0.4 is 0 Å². The number of rotatable bonds is 4. The van der Waals surface area contributed by atoms with Gasteiger partial charge in [0.05, 0.1) is 5.69 Å². The molecule has 1 heterocycles. The van der Waals surface area contributed by atoms with Crippen LogP contribution in [-0.4, -0.2) is 20.9 Å². The van der Waals surface area contributed by atoms with Crippen molar-refractivity contribution in [3.8, 4) is 0 Å². The molecular formula is C9H14Cl2N2S. The van der Waals surface area contributed by atoms with Crippen molar-refractivity contribution in [3.63, 3.8) is 0 Å². The van der Waals surface area contributed by atoms with Crippen molar-refractivity contribution in [1.82, 2.24) is 9.78 Å². The summed E-state index contributed by atoms with van der Waals surface area (Å²) in [6, 6.07) is 0. The molecule has 0 radical (unpaired) electrons. The molecule has 1 atom stereocenters. The molecule has 80 valence electrons. The summed E-state index contributed by atoms with van der Waals surface area (Å²) in [4.78, 5) is 0. The first-order chi connectivity index (χ1) is 6.56. The minimum Gasteiger partial charge on any atom is -0.257 e. The number of aryl methyl sites for hydroxylation is 2. The predicted molar refractivity (Wildman–Crippen MR) is 64.4 cm³/mol. The highest BCUT2D eigenvalue weighted by molar-refractivity contribution is 7.99. The molecule has 1 unspecified atom stereocenters. The number of thioether (sulfide) groups is 1. The molecule has 14 heavy (non-hydrogen) atoms. The molecule has 0 aromatic carbocycles. The van der Waals surface area contributed by atoms with E-state index in [-0.39, 0.29) is 0 Å². The third kappa shape index (κ3) is 2.81. The monoisotopic (exact) mass is 252 g/mol. The van der Waals surface area contributed by atoms with Gasteiger partial charge >= 0.3 is 0 Å². The number of aromatic nitrogens is 2. The van der Waals surface area contributed by atoms with Crippen molar-refractivity contribution in [2.75, 3.05) is 5.88 Å². The molecule has 0 aliphatic carbocycles. The second-order valence-corrected chi connectivity index (χ2v) is 5.35. The zero-order valence-corrected chi connectivity index (χ0v) is 10.9. The Morgan fingerprint density at radius 3 is 2.64 bits per heavy atom. The number of hydrogen-bond donors (Lipinski definition) is 0. The maximum absolute atomic E-state index is 6.09. The largest absolute Gasteiger partial charge is 0.257 e. The average Bonchev–Trinajstić information content (AvgIpc) is 2.39. The minimum absolute atomic E-state index is 0.451. The van der Waals surface area contributed by atoms with E-state index in [9.17, 15) is 0 Å². The fraction of sp³-hybridized carbons (Fsp3) is 0.667. The van der Waals surface area contributed by atoms with Crippen molar-refractivity contribution in [2.45, 2.75) is 24.9 Å². The molecule has 0 saturated heterocycles. The fourth-order valence-electron chi connectivity index (χ4n) is 1.11. The van der Waals surface area contributed by atoms with Crippen LogP contribution in [0.2, 0.25) is 5.15 Å². The zero-order valence-electron chi connectivity index (χ0n) is 8.55. The molecule has 0 aliphatic heterocycles. The van der Waals surface area contributed by atoms with E-state index in [1.54, 1.807) is 16.4 Å². The van der Waals surface area contributed by atoms with Gasteiger partial charge < -0.3 is 0 Å². The number of halogens is 2. The van der Waals surface area contributed by atoms with Crippen molar-refractivity contribution in [3.05, 3.63) is 16.4 Å². The third-order valence-corrected chi connectivity index (χ3v) is 4.31. The lowest BCUT2D eigenvalue weighted by molar-refractivity contribution is 0.757. The van der Waals surface area contributed by atoms with Crippen LogP contribution in [0, 0.1) is 6.92 Å². The summed E-state index contributed by atoms with van der Waals surface area (Å²) >= 11 is 13.6. The second kappa shape index (κ2) is 5.29. The molecule has 1 rings (SSSR count). The first kappa shape index (κ1) is 12.2. The van der Waals surface area contributed by atoms with Gasteiger partial charge in [-0.3, -0.25) is 4.68 Å². The molecule has 5 heteroatoms. The molecule has 0 amide bonds. The molecule has 0 N–H and O–H groups in total. The summed E-state index contributed by atoms with van der Waals surface area (Å²) in [5.74, 6) is 1.55. The van der Waals surface area contributed by atoms with Crippen molar-refractivity contribution >= 4 is 35.0 Å². The highest BCUT2D eigenvalue weighted by atomic mass is 35.5. The highest BCUT2D eigenvalue weighted by Gasteiger charge is 2.12. The van der Waals surface area contributed by atoms with Gasteiger partial charge in [-0.25, -0.2) is 0 Å². The Morgan fingerprint density at radius 1 is 1.57 bits per heavy atom. The second-order valence-electron chi connectivity index (χ2n) is 3.25. The minimum atomic E-state index is 0.451. The van der Waals surface area contributed by atoms with Crippen LogP contribution in [-0.2, 0) is 12.8 Å². The van der Waals surface area contributed by atoms with Gasteiger partial charge in [-0.05, 0) is 6.92 Å². The summed E-state index contributed by atoms with van der Waals surface area (Å²) in [5.41, 5.74) is 2.13. The predicted octanol–water partition coefficient (Wildman–Crippen LogP) is 3.24. The maximum Gasteiger partial charge on any atom is 0.131 e. The molecule has 0 spiro atoms. The normalized spacial score (nSPS) is 13.2. The Hall–Kier alpha value is 0.140. The van der Waals surface area contributed by atoms with Crippen molar-refractivity contribution < 1.29 is 0 Å². The molecule has 1 aromatic heterocycles. The first-order valence-electron chi connectivity index (χ1n) is 4.41. The van der Waals surface area contributed by atoms with E-state index in [1.165, 1.54) is 0 Å². The van der Waals surface area contributed by atoms with Crippen LogP contribution in [0.3, 0.4) is 0 Å². The molecule has 0 saturated carbocycles. The maximum atomic E-state index is 6.09. The van der Waals surface area contributed by atoms with Crippen LogP contribution in [0.1, 0.15) is 18.2 Å². The van der Waals surface area contributed by atoms with Crippen LogP contribution in [0.5, 0.6) is 0 Å². The highest BCUT2D eigenvalue weighted by Crippen LogP contribution is 2.26. The van der Waals surface area contributed by atoms with Gasteiger partial charge in [0.2, 0.25) is 0 Å². The lowest BCUT2D eigenvalue weighted by atomic mass is 10.3. The van der Waals surface area contributed by atoms with Gasteiger partial charge in [-0.1, -0.05) is 18.5 Å². The zero-order chi connectivity index (χ0) is 10.7. The van der Waals surface area contributed by atoms with Crippen LogP contribution in [0.25, 0.3) is 0 Å². The standard InChI is InChI=1S/C9H14Cl2N2S/c1-6(4-10)14-5-8-7(2)12-13(3)9(8)11/h6H,4-5H2,1-3H3. The van der Waals surface area contributed by atoms with E-state index in [0.717, 1.165) is 22.2 Å². The van der Waals surface area contributed by atoms with Gasteiger partial charge in [-0.15, -0.1) is 11.6 Å². The molecule has 0 fully saturated rings. The summed E-state index contributed by atoms with van der Waals surface area (Å²) in [7, 11) is 1.86. The van der Waals surface area contributed by atoms with E-state index in [2.05, 4.69) is 12.0 Å². The molecule has 0 bridgehead atoms. The lowest BCUT2D eigenvalue weighted by Crippen LogP contribution is -1.98. The summed E-state index contributed by atoms with van der Waals surface area (Å²) in [6.45, 7) is 4.09. The number of alkyl halides is 1. The van der Waals surface area contributed by atoms with Crippen molar-refractivity contribution in [2.24, 2.45) is 7.05 Å². The Labute approximate surface area is 99.0 Å². The summed E-state index contributed by atoms with van der Waals surface area (Å²) in [5, 5.41) is 5.44. The quantitative estimate of drug-likeness (QED) is 0.766. The van der Waals surface area contributed by atoms with Gasteiger partial charge in [0.15, 0.2) is 0 Å². The molecule has 0 aliphatic rings. The Balaban J connectivity index is 2.67. The molecule has 2 nitrogen and oxygen atoms in total. The topological polar surface area (TPSA) is 17.8 Å². The SMILES string of the molecule is Cc1nn(C)c(Cl)c1CSC(C)CCl. The van der Waals surface area contributed by atoms with Crippen LogP contribution >= 0.6 is 35.0 Å². The average molecular weight is 253 g/mol. The van der Waals surface area contributed by atoms with Gasteiger partial charge in [-0.2, -0.15) is 16.9 Å².